The van der Waals surface area contributed by atoms with Crippen molar-refractivity contribution in [3.05, 3.63) is 58.1 Å². The molecule has 22 heteroatoms. The molecule has 6 atom stereocenters. The minimum atomic E-state index is -5.77. The van der Waals surface area contributed by atoms with E-state index in [4.69, 9.17) is 29.5 Å². The Labute approximate surface area is 259 Å². The first-order chi connectivity index (χ1) is 20.4. The molecule has 1 saturated heterocycles. The van der Waals surface area contributed by atoms with Gasteiger partial charge >= 0.3 is 35.1 Å². The second-order valence-electron chi connectivity index (χ2n) is 9.74. The molecule has 0 bridgehead atoms. The van der Waals surface area contributed by atoms with Gasteiger partial charge in [0.1, 0.15) is 24.3 Å². The van der Waals surface area contributed by atoms with Gasteiger partial charge in [0.05, 0.1) is 12.2 Å². The fraction of sp³-hybridized carbons (Fsp3) is 0.500. The molecule has 1 fully saturated rings. The molecule has 6 N–H and O–H groups in total. The van der Waals surface area contributed by atoms with Crippen LogP contribution in [0.1, 0.15) is 54.6 Å². The Balaban J connectivity index is 1.81. The normalized spacial score (nSPS) is 22.3. The Morgan fingerprint density at radius 3 is 2.43 bits per heavy atom. The molecule has 17 nitrogen and oxygen atoms in total. The Kier molecular flexibility index (Phi) is 12.9. The number of nitrogens with two attached hydrogens (primary N) is 1. The van der Waals surface area contributed by atoms with E-state index in [2.05, 4.69) is 27.5 Å². The van der Waals surface area contributed by atoms with Gasteiger partial charge in [-0.15, -0.1) is 0 Å². The zero-order chi connectivity index (χ0) is 32.9. The smallest absolute Gasteiger partial charge is 0.456 e. The van der Waals surface area contributed by atoms with Crippen LogP contribution in [0.15, 0.2) is 41.3 Å². The van der Waals surface area contributed by atoms with Gasteiger partial charge in [-0.1, -0.05) is 53.6 Å². The van der Waals surface area contributed by atoms with Gasteiger partial charge in [-0.3, -0.25) is 9.09 Å². The monoisotopic (exact) mass is 719 g/mol. The number of aromatic nitrogens is 2. The SMILES string of the molecule is CC(C)CSSC(C)c1ccccc1C(=O)OC1C[C@H](n2ccc(N)nc2=O)O[C@@H]1COP(=O)(O)OP(=O)(O)OP(=O)(O)O. The topological polar surface area (TPSA) is 256 Å². The van der Waals surface area contributed by atoms with Gasteiger partial charge in [0.15, 0.2) is 0 Å². The van der Waals surface area contributed by atoms with Crippen molar-refractivity contribution in [1.82, 2.24) is 9.55 Å². The predicted molar refractivity (Wildman–Crippen MR) is 160 cm³/mol. The molecule has 0 aliphatic carbocycles. The van der Waals surface area contributed by atoms with Crippen molar-refractivity contribution in [3.63, 3.8) is 0 Å². The second kappa shape index (κ2) is 15.4. The zero-order valence-corrected chi connectivity index (χ0v) is 27.8. The maximum atomic E-state index is 13.4. The van der Waals surface area contributed by atoms with E-state index in [0.717, 1.165) is 10.3 Å². The van der Waals surface area contributed by atoms with Crippen molar-refractivity contribution in [3.8, 4) is 0 Å². The van der Waals surface area contributed by atoms with Crippen LogP contribution in [-0.4, -0.2) is 59.7 Å². The number of ether oxygens (including phenoxy) is 2. The summed E-state index contributed by atoms with van der Waals surface area (Å²) in [6.45, 7) is 5.21. The first kappa shape index (κ1) is 36.9. The number of benzene rings is 1. The van der Waals surface area contributed by atoms with Gasteiger partial charge in [0.2, 0.25) is 0 Å². The van der Waals surface area contributed by atoms with Gasteiger partial charge in [0.25, 0.3) is 0 Å². The van der Waals surface area contributed by atoms with Crippen LogP contribution in [0.3, 0.4) is 0 Å². The molecule has 1 aliphatic heterocycles. The minimum absolute atomic E-state index is 0.0633. The maximum absolute atomic E-state index is 13.4. The highest BCUT2D eigenvalue weighted by Gasteiger charge is 2.44. The molecule has 2 aromatic rings. The molecule has 0 saturated carbocycles. The third-order valence-corrected chi connectivity index (χ3v) is 12.6. The number of hydrogen-bond acceptors (Lipinski definition) is 14. The summed E-state index contributed by atoms with van der Waals surface area (Å²) in [6.07, 6.45) is -2.53. The highest BCUT2D eigenvalue weighted by molar-refractivity contribution is 8.76. The van der Waals surface area contributed by atoms with E-state index in [1.807, 2.05) is 6.92 Å². The summed E-state index contributed by atoms with van der Waals surface area (Å²) in [5.41, 5.74) is 5.69. The largest absolute Gasteiger partial charge is 0.490 e. The molecule has 4 unspecified atom stereocenters. The van der Waals surface area contributed by atoms with Crippen LogP contribution < -0.4 is 11.4 Å². The highest BCUT2D eigenvalue weighted by Crippen LogP contribution is 2.66. The lowest BCUT2D eigenvalue weighted by molar-refractivity contribution is -0.0511. The van der Waals surface area contributed by atoms with Crippen LogP contribution in [0.2, 0.25) is 0 Å². The summed E-state index contributed by atoms with van der Waals surface area (Å²) in [5.74, 6) is 0.550. The van der Waals surface area contributed by atoms with E-state index in [1.54, 1.807) is 45.9 Å². The van der Waals surface area contributed by atoms with Gasteiger partial charge in [-0.2, -0.15) is 13.6 Å². The third-order valence-electron chi connectivity index (χ3n) is 5.65. The second-order valence-corrected chi connectivity index (χ2v) is 16.9. The summed E-state index contributed by atoms with van der Waals surface area (Å²) in [6, 6.07) is 8.10. The third kappa shape index (κ3) is 11.4. The molecule has 1 aromatic carbocycles. The molecule has 2 heterocycles. The number of phosphoric acid groups is 3. The lowest BCUT2D eigenvalue weighted by atomic mass is 10.0. The molecule has 0 amide bonds. The van der Waals surface area contributed by atoms with E-state index in [-0.39, 0.29) is 23.1 Å². The Morgan fingerprint density at radius 2 is 1.80 bits per heavy atom. The predicted octanol–water partition coefficient (Wildman–Crippen LogP) is 3.78. The number of rotatable bonds is 15. The lowest BCUT2D eigenvalue weighted by Gasteiger charge is -2.22. The molecular weight excluding hydrogens is 687 g/mol. The molecule has 44 heavy (non-hydrogen) atoms. The van der Waals surface area contributed by atoms with Gasteiger partial charge in [0, 0.05) is 23.6 Å². The van der Waals surface area contributed by atoms with Crippen molar-refractivity contribution in [2.75, 3.05) is 18.1 Å². The van der Waals surface area contributed by atoms with E-state index >= 15 is 0 Å². The molecule has 0 radical (unpaired) electrons. The minimum Gasteiger partial charge on any atom is -0.456 e. The molecular formula is C22H32N3O14P3S2. The van der Waals surface area contributed by atoms with Crippen molar-refractivity contribution >= 4 is 56.8 Å². The fourth-order valence-corrected chi connectivity index (χ4v) is 9.70. The van der Waals surface area contributed by atoms with Crippen molar-refractivity contribution in [2.24, 2.45) is 5.92 Å². The van der Waals surface area contributed by atoms with Crippen LogP contribution in [0.25, 0.3) is 0 Å². The standard InChI is InChI=1S/C22H32N3O14P3S2/c1-13(2)12-43-44-14(3)15-6-4-5-7-16(15)21(26)37-17-10-20(25-9-8-19(23)24-22(25)27)36-18(17)11-35-41(31,32)39-42(33,34)38-40(28,29)30/h4-9,13-14,17-18,20H,10-12H2,1-3H3,(H,31,32)(H,33,34)(H2,23,24,27)(H2,28,29,30)/t14?,17?,18-,20-/m1/s1. The van der Waals surface area contributed by atoms with Gasteiger partial charge in [-0.25, -0.2) is 23.3 Å². The van der Waals surface area contributed by atoms with Crippen LogP contribution >= 0.6 is 45.1 Å². The van der Waals surface area contributed by atoms with Gasteiger partial charge < -0.3 is 34.8 Å². The highest BCUT2D eigenvalue weighted by atomic mass is 33.1. The molecule has 246 valence electrons. The summed E-state index contributed by atoms with van der Waals surface area (Å²) in [7, 11) is -13.6. The van der Waals surface area contributed by atoms with Crippen LogP contribution in [0.5, 0.6) is 0 Å². The number of esters is 1. The van der Waals surface area contributed by atoms with E-state index < -0.39 is 60.2 Å². The average molecular weight is 720 g/mol. The molecule has 1 aromatic heterocycles. The van der Waals surface area contributed by atoms with Crippen LogP contribution in [0, 0.1) is 5.92 Å². The van der Waals surface area contributed by atoms with Crippen molar-refractivity contribution in [1.29, 1.82) is 0 Å². The summed E-state index contributed by atoms with van der Waals surface area (Å²) in [5, 5.41) is -0.101. The maximum Gasteiger partial charge on any atom is 0.490 e. The molecule has 1 aliphatic rings. The molecule has 0 spiro atoms. The van der Waals surface area contributed by atoms with E-state index in [0.29, 0.717) is 11.5 Å². The first-order valence-electron chi connectivity index (χ1n) is 12.7. The number of nitrogen functional groups attached to an aromatic ring is 1. The molecule has 3 rings (SSSR count). The van der Waals surface area contributed by atoms with Crippen LogP contribution in [0.4, 0.5) is 5.82 Å². The number of anilines is 1. The Morgan fingerprint density at radius 1 is 1.11 bits per heavy atom. The zero-order valence-electron chi connectivity index (χ0n) is 23.5. The first-order valence-corrected chi connectivity index (χ1v) is 19.6. The van der Waals surface area contributed by atoms with E-state index in [9.17, 15) is 33.1 Å². The quantitative estimate of drug-likeness (QED) is 0.0996. The van der Waals surface area contributed by atoms with Crippen molar-refractivity contribution < 1.29 is 60.7 Å². The summed E-state index contributed by atoms with van der Waals surface area (Å²) in [4.78, 5) is 66.2. The number of carbonyl (C=O) groups is 1. The summed E-state index contributed by atoms with van der Waals surface area (Å²) >= 11 is 0. The Hall–Kier alpha value is -1.56. The lowest BCUT2D eigenvalue weighted by Crippen LogP contribution is -2.31. The average Bonchev–Trinajstić information content (AvgIpc) is 3.27. The van der Waals surface area contributed by atoms with E-state index in [1.165, 1.54) is 12.3 Å². The number of hydrogen-bond donors (Lipinski definition) is 5. The number of carbonyl (C=O) groups excluding carboxylic acids is 1. The number of phosphoric ester groups is 1. The summed E-state index contributed by atoms with van der Waals surface area (Å²) < 4.78 is 59.6. The van der Waals surface area contributed by atoms with Crippen LogP contribution in [-0.2, 0) is 36.3 Å². The van der Waals surface area contributed by atoms with Gasteiger partial charge in [-0.05, 0) is 30.5 Å². The number of nitrogens with zero attached hydrogens (tertiary/aromatic N) is 2. The fourth-order valence-electron chi connectivity index (χ4n) is 3.83. The van der Waals surface area contributed by atoms with Crippen molar-refractivity contribution in [2.45, 2.75) is 50.9 Å². The Bertz CT molecular complexity index is 1520.